The number of carboxylic acid groups (broad SMARTS) is 1. The van der Waals surface area contributed by atoms with Gasteiger partial charge in [0, 0.05) is 17.7 Å². The number of fused-ring (bicyclic) bond motifs is 1. The number of carbonyl (C=O) groups is 4. The summed E-state index contributed by atoms with van der Waals surface area (Å²) in [6.45, 7) is 4.70. The zero-order chi connectivity index (χ0) is 24.4. The fraction of sp³-hybridized carbons (Fsp3) is 0.579. The molecule has 2 aliphatic rings. The van der Waals surface area contributed by atoms with E-state index in [0.717, 1.165) is 0 Å². The van der Waals surface area contributed by atoms with Crippen molar-refractivity contribution in [1.82, 2.24) is 15.2 Å². The Morgan fingerprint density at radius 3 is 2.73 bits per heavy atom. The van der Waals surface area contributed by atoms with Gasteiger partial charge in [0.2, 0.25) is 12.5 Å². The van der Waals surface area contributed by atoms with E-state index in [4.69, 9.17) is 9.57 Å². The van der Waals surface area contributed by atoms with Gasteiger partial charge in [-0.2, -0.15) is 0 Å². The van der Waals surface area contributed by atoms with Gasteiger partial charge >= 0.3 is 11.9 Å². The molecule has 2 unspecified atom stereocenters. The van der Waals surface area contributed by atoms with Crippen LogP contribution in [0.5, 0.6) is 0 Å². The number of carboxylic acids is 1. The standard InChI is InChI=1S/C19H24N4O7S3/c1-18(2,3)30-11(24)5-29-22-12(10-6-32-9-20-10)14(25)21-13-15(26)23-7-19(31-4,17(27)28)8-33-16(13)23/h6,9,13,16H,5,7-8H2,1-4H3,(H,21,25)(H,27,28)/t13?,16-,19?/m1/s1. The summed E-state index contributed by atoms with van der Waals surface area (Å²) in [5, 5.41) is 17.2. The molecule has 0 aliphatic carbocycles. The molecule has 180 valence electrons. The van der Waals surface area contributed by atoms with Gasteiger partial charge in [0.25, 0.3) is 5.91 Å². The van der Waals surface area contributed by atoms with E-state index in [1.165, 1.54) is 45.3 Å². The van der Waals surface area contributed by atoms with Crippen LogP contribution >= 0.6 is 34.9 Å². The van der Waals surface area contributed by atoms with Crippen LogP contribution in [-0.4, -0.2) is 91.4 Å². The number of β-lactam (4-membered cyclic amide) rings is 1. The molecule has 11 nitrogen and oxygen atoms in total. The van der Waals surface area contributed by atoms with E-state index in [1.807, 2.05) is 0 Å². The third-order valence-electron chi connectivity index (χ3n) is 4.77. The van der Waals surface area contributed by atoms with Gasteiger partial charge in [-0.15, -0.1) is 34.9 Å². The number of ether oxygens (including phenoxy) is 1. The monoisotopic (exact) mass is 516 g/mol. The first-order valence-electron chi connectivity index (χ1n) is 9.79. The second-order valence-electron chi connectivity index (χ2n) is 8.30. The van der Waals surface area contributed by atoms with Crippen molar-refractivity contribution in [2.45, 2.75) is 42.5 Å². The zero-order valence-electron chi connectivity index (χ0n) is 18.4. The van der Waals surface area contributed by atoms with Gasteiger partial charge in [-0.1, -0.05) is 5.16 Å². The summed E-state index contributed by atoms with van der Waals surface area (Å²) in [4.78, 5) is 59.6. The predicted molar refractivity (Wildman–Crippen MR) is 124 cm³/mol. The average Bonchev–Trinajstić information content (AvgIpc) is 3.27. The molecule has 0 spiro atoms. The van der Waals surface area contributed by atoms with Crippen LogP contribution in [0.2, 0.25) is 0 Å². The lowest BCUT2D eigenvalue weighted by Gasteiger charge is -2.53. The molecular weight excluding hydrogens is 492 g/mol. The molecule has 0 radical (unpaired) electrons. The van der Waals surface area contributed by atoms with Gasteiger partial charge in [0.05, 0.1) is 5.51 Å². The number of oxime groups is 1. The number of thiazole rings is 1. The minimum atomic E-state index is -1.07. The zero-order valence-corrected chi connectivity index (χ0v) is 20.8. The first-order valence-corrected chi connectivity index (χ1v) is 13.0. The summed E-state index contributed by atoms with van der Waals surface area (Å²) in [7, 11) is 0. The van der Waals surface area contributed by atoms with Gasteiger partial charge < -0.3 is 24.9 Å². The van der Waals surface area contributed by atoms with E-state index in [9.17, 15) is 24.3 Å². The van der Waals surface area contributed by atoms with Crippen molar-refractivity contribution in [2.24, 2.45) is 5.16 Å². The second kappa shape index (κ2) is 9.89. The SMILES string of the molecule is CSC1(C(=O)O)CS[C@@H]2C(NC(=O)C(=NOCC(=O)OC(C)(C)C)c3cscn3)C(=O)N2C1. The fourth-order valence-corrected chi connectivity index (χ4v) is 6.20. The van der Waals surface area contributed by atoms with E-state index < -0.39 is 40.8 Å². The number of thioether (sulfide) groups is 2. The minimum Gasteiger partial charge on any atom is -0.480 e. The first-order chi connectivity index (χ1) is 15.5. The summed E-state index contributed by atoms with van der Waals surface area (Å²) in [5.41, 5.74) is 0.861. The fourth-order valence-electron chi connectivity index (χ4n) is 3.16. The van der Waals surface area contributed by atoms with Gasteiger partial charge in [0.1, 0.15) is 27.5 Å². The lowest BCUT2D eigenvalue weighted by Crippen LogP contribution is -2.74. The summed E-state index contributed by atoms with van der Waals surface area (Å²) in [6.07, 6.45) is 1.70. The van der Waals surface area contributed by atoms with Gasteiger partial charge in [-0.3, -0.25) is 14.4 Å². The molecule has 1 aromatic heterocycles. The Labute approximate surface area is 202 Å². The molecule has 0 bridgehead atoms. The Bertz CT molecular complexity index is 963. The number of carbonyl (C=O) groups excluding carboxylic acids is 3. The first kappa shape index (κ1) is 25.3. The summed E-state index contributed by atoms with van der Waals surface area (Å²) < 4.78 is 4.06. The molecule has 33 heavy (non-hydrogen) atoms. The Hall–Kier alpha value is -2.32. The van der Waals surface area contributed by atoms with Crippen molar-refractivity contribution in [3.63, 3.8) is 0 Å². The highest BCUT2D eigenvalue weighted by molar-refractivity contribution is 8.04. The number of hydrogen-bond donors (Lipinski definition) is 2. The quantitative estimate of drug-likeness (QED) is 0.220. The van der Waals surface area contributed by atoms with Crippen LogP contribution in [-0.2, 0) is 28.8 Å². The van der Waals surface area contributed by atoms with Crippen molar-refractivity contribution in [1.29, 1.82) is 0 Å². The van der Waals surface area contributed by atoms with Crippen molar-refractivity contribution in [2.75, 3.05) is 25.2 Å². The molecule has 2 amide bonds. The van der Waals surface area contributed by atoms with Crippen molar-refractivity contribution < 1.29 is 33.9 Å². The highest BCUT2D eigenvalue weighted by atomic mass is 32.2. The van der Waals surface area contributed by atoms with E-state index in [-0.39, 0.29) is 29.2 Å². The van der Waals surface area contributed by atoms with E-state index in [2.05, 4.69) is 15.5 Å². The van der Waals surface area contributed by atoms with Crippen molar-refractivity contribution in [3.8, 4) is 0 Å². The topological polar surface area (TPSA) is 147 Å². The lowest BCUT2D eigenvalue weighted by atomic mass is 10.0. The Kier molecular flexibility index (Phi) is 7.59. The summed E-state index contributed by atoms with van der Waals surface area (Å²) >= 11 is 3.74. The third kappa shape index (κ3) is 5.61. The second-order valence-corrected chi connectivity index (χ2v) is 11.3. The molecular formula is C19H24N4O7S3. The summed E-state index contributed by atoms with van der Waals surface area (Å²) in [6, 6.07) is -0.828. The maximum Gasteiger partial charge on any atom is 0.347 e. The maximum absolute atomic E-state index is 12.9. The van der Waals surface area contributed by atoms with E-state index in [1.54, 1.807) is 32.4 Å². The number of nitrogens with zero attached hydrogens (tertiary/aromatic N) is 3. The van der Waals surface area contributed by atoms with Gasteiger partial charge in [0.15, 0.2) is 5.71 Å². The number of aromatic nitrogens is 1. The molecule has 1 aromatic rings. The molecule has 2 fully saturated rings. The Morgan fingerprint density at radius 1 is 1.42 bits per heavy atom. The van der Waals surface area contributed by atoms with Crippen LogP contribution in [0.3, 0.4) is 0 Å². The highest BCUT2D eigenvalue weighted by Crippen LogP contribution is 2.43. The number of amides is 2. The van der Waals surface area contributed by atoms with Crippen LogP contribution in [0.25, 0.3) is 0 Å². The molecule has 2 saturated heterocycles. The third-order valence-corrected chi connectivity index (χ3v) is 8.30. The summed E-state index contributed by atoms with van der Waals surface area (Å²) in [5.74, 6) is -2.38. The van der Waals surface area contributed by atoms with E-state index in [0.29, 0.717) is 5.75 Å². The molecule has 2 N–H and O–H groups in total. The number of esters is 1. The molecule has 3 atom stereocenters. The molecule has 3 heterocycles. The maximum atomic E-state index is 12.9. The lowest BCUT2D eigenvalue weighted by molar-refractivity contribution is -0.160. The van der Waals surface area contributed by atoms with Crippen LogP contribution < -0.4 is 5.32 Å². The van der Waals surface area contributed by atoms with Crippen LogP contribution in [0.4, 0.5) is 0 Å². The number of hydrogen-bond acceptors (Lipinski definition) is 11. The molecule has 14 heteroatoms. The van der Waals surface area contributed by atoms with Crippen molar-refractivity contribution in [3.05, 3.63) is 16.6 Å². The van der Waals surface area contributed by atoms with E-state index >= 15 is 0 Å². The average molecular weight is 517 g/mol. The smallest absolute Gasteiger partial charge is 0.347 e. The molecule has 0 saturated carbocycles. The Balaban J connectivity index is 1.66. The number of nitrogens with one attached hydrogen (secondary N) is 1. The van der Waals surface area contributed by atoms with Gasteiger partial charge in [-0.05, 0) is 27.0 Å². The van der Waals surface area contributed by atoms with Crippen LogP contribution in [0.1, 0.15) is 26.5 Å². The normalized spacial score (nSPS) is 25.0. The number of aliphatic carboxylic acids is 1. The van der Waals surface area contributed by atoms with Crippen molar-refractivity contribution >= 4 is 64.3 Å². The molecule has 0 aromatic carbocycles. The predicted octanol–water partition coefficient (Wildman–Crippen LogP) is 0.792. The largest absolute Gasteiger partial charge is 0.480 e. The number of rotatable bonds is 8. The molecule has 3 rings (SSSR count). The van der Waals surface area contributed by atoms with Gasteiger partial charge in [-0.25, -0.2) is 9.78 Å². The Morgan fingerprint density at radius 2 is 2.15 bits per heavy atom. The molecule has 2 aliphatic heterocycles. The minimum absolute atomic E-state index is 0.0679. The van der Waals surface area contributed by atoms with Crippen LogP contribution in [0, 0.1) is 0 Å². The highest BCUT2D eigenvalue weighted by Gasteiger charge is 2.57. The van der Waals surface area contributed by atoms with Crippen LogP contribution in [0.15, 0.2) is 16.0 Å².